The van der Waals surface area contributed by atoms with Gasteiger partial charge >= 0.3 is 0 Å². The van der Waals surface area contributed by atoms with E-state index in [1.807, 2.05) is 0 Å². The highest BCUT2D eigenvalue weighted by Crippen LogP contribution is 2.35. The first-order valence-corrected chi connectivity index (χ1v) is 5.60. The number of anilines is 1. The Labute approximate surface area is 107 Å². The number of hydrogen-bond donors (Lipinski definition) is 2. The molecule has 0 radical (unpaired) electrons. The average molecular weight is 254 g/mol. The van der Waals surface area contributed by atoms with Gasteiger partial charge in [0.15, 0.2) is 0 Å². The number of nitrogens with two attached hydrogens (primary N) is 1. The predicted molar refractivity (Wildman–Crippen MR) is 70.2 cm³/mol. The molecule has 0 spiro atoms. The van der Waals surface area contributed by atoms with Gasteiger partial charge in [-0.25, -0.2) is 0 Å². The quantitative estimate of drug-likeness (QED) is 0.725. The second-order valence-corrected chi connectivity index (χ2v) is 3.95. The molecule has 0 atom stereocenters. The SMILES string of the molecule is Nc1onc(-c2cc[nH]c(=O)c2)c1-c1ccncc1. The van der Waals surface area contributed by atoms with Crippen molar-refractivity contribution in [2.45, 2.75) is 0 Å². The molecular formula is C13H10N4O2. The lowest BCUT2D eigenvalue weighted by molar-refractivity contribution is 0.439. The summed E-state index contributed by atoms with van der Waals surface area (Å²) in [4.78, 5) is 17.9. The monoisotopic (exact) mass is 254 g/mol. The molecule has 94 valence electrons. The van der Waals surface area contributed by atoms with Crippen molar-refractivity contribution in [2.75, 3.05) is 5.73 Å². The zero-order chi connectivity index (χ0) is 13.2. The molecule has 0 aromatic carbocycles. The van der Waals surface area contributed by atoms with Gasteiger partial charge in [0, 0.05) is 30.2 Å². The Hall–Kier alpha value is -2.89. The summed E-state index contributed by atoms with van der Waals surface area (Å²) in [7, 11) is 0. The lowest BCUT2D eigenvalue weighted by atomic mass is 10.0. The fourth-order valence-electron chi connectivity index (χ4n) is 1.89. The highest BCUT2D eigenvalue weighted by molar-refractivity contribution is 5.86. The first-order valence-electron chi connectivity index (χ1n) is 5.60. The van der Waals surface area contributed by atoms with E-state index < -0.39 is 0 Å². The molecular weight excluding hydrogens is 244 g/mol. The van der Waals surface area contributed by atoms with Crippen LogP contribution < -0.4 is 11.3 Å². The third-order valence-corrected chi connectivity index (χ3v) is 2.74. The molecule has 3 heterocycles. The van der Waals surface area contributed by atoms with Gasteiger partial charge in [0.05, 0.1) is 5.56 Å². The van der Waals surface area contributed by atoms with Crippen molar-refractivity contribution >= 4 is 5.88 Å². The molecule has 0 aliphatic carbocycles. The predicted octanol–water partition coefficient (Wildman–Crippen LogP) is 1.67. The van der Waals surface area contributed by atoms with Gasteiger partial charge in [0.25, 0.3) is 0 Å². The van der Waals surface area contributed by atoms with Crippen molar-refractivity contribution in [3.8, 4) is 22.4 Å². The Morgan fingerprint density at radius 2 is 1.95 bits per heavy atom. The van der Waals surface area contributed by atoms with Gasteiger partial charge in [0.1, 0.15) is 5.69 Å². The smallest absolute Gasteiger partial charge is 0.248 e. The second kappa shape index (κ2) is 4.41. The average Bonchev–Trinajstić information content (AvgIpc) is 2.82. The lowest BCUT2D eigenvalue weighted by Gasteiger charge is -2.01. The molecule has 0 fully saturated rings. The molecule has 0 unspecified atom stereocenters. The van der Waals surface area contributed by atoms with Crippen molar-refractivity contribution in [3.05, 3.63) is 53.2 Å². The Bertz CT molecular complexity index is 762. The zero-order valence-corrected chi connectivity index (χ0v) is 9.83. The highest BCUT2D eigenvalue weighted by atomic mass is 16.5. The number of rotatable bonds is 2. The highest BCUT2D eigenvalue weighted by Gasteiger charge is 2.17. The number of nitrogens with zero attached hydrogens (tertiary/aromatic N) is 2. The maximum atomic E-state index is 11.4. The van der Waals surface area contributed by atoms with E-state index in [-0.39, 0.29) is 11.4 Å². The van der Waals surface area contributed by atoms with Crippen LogP contribution in [0.15, 0.2) is 52.2 Å². The van der Waals surface area contributed by atoms with E-state index in [1.165, 1.54) is 6.07 Å². The molecule has 6 nitrogen and oxygen atoms in total. The van der Waals surface area contributed by atoms with E-state index in [1.54, 1.807) is 36.8 Å². The number of aromatic nitrogens is 3. The topological polar surface area (TPSA) is 97.8 Å². The van der Waals surface area contributed by atoms with Crippen molar-refractivity contribution in [3.63, 3.8) is 0 Å². The van der Waals surface area contributed by atoms with E-state index >= 15 is 0 Å². The second-order valence-electron chi connectivity index (χ2n) is 3.95. The van der Waals surface area contributed by atoms with Crippen molar-refractivity contribution in [2.24, 2.45) is 0 Å². The molecule has 0 amide bonds. The van der Waals surface area contributed by atoms with Gasteiger partial charge in [-0.3, -0.25) is 9.78 Å². The summed E-state index contributed by atoms with van der Waals surface area (Å²) in [5.74, 6) is 0.210. The van der Waals surface area contributed by atoms with Crippen molar-refractivity contribution in [1.29, 1.82) is 0 Å². The maximum absolute atomic E-state index is 11.4. The van der Waals surface area contributed by atoms with E-state index in [2.05, 4.69) is 15.1 Å². The number of hydrogen-bond acceptors (Lipinski definition) is 5. The Kier molecular flexibility index (Phi) is 2.60. The summed E-state index contributed by atoms with van der Waals surface area (Å²) in [6.45, 7) is 0. The molecule has 0 saturated heterocycles. The van der Waals surface area contributed by atoms with E-state index in [0.29, 0.717) is 16.8 Å². The molecule has 3 aromatic heterocycles. The Morgan fingerprint density at radius 3 is 2.68 bits per heavy atom. The number of pyridine rings is 2. The van der Waals surface area contributed by atoms with E-state index in [9.17, 15) is 4.79 Å². The van der Waals surface area contributed by atoms with Gasteiger partial charge in [-0.05, 0) is 23.8 Å². The van der Waals surface area contributed by atoms with E-state index in [4.69, 9.17) is 10.3 Å². The summed E-state index contributed by atoms with van der Waals surface area (Å²) in [6, 6.07) is 6.80. The van der Waals surface area contributed by atoms with Gasteiger partial charge < -0.3 is 15.2 Å². The first kappa shape index (κ1) is 11.2. The van der Waals surface area contributed by atoms with Gasteiger partial charge in [-0.15, -0.1) is 0 Å². The third kappa shape index (κ3) is 1.99. The van der Waals surface area contributed by atoms with Crippen LogP contribution in [0.1, 0.15) is 0 Å². The van der Waals surface area contributed by atoms with Crippen molar-refractivity contribution in [1.82, 2.24) is 15.1 Å². The van der Waals surface area contributed by atoms with Crippen LogP contribution >= 0.6 is 0 Å². The summed E-state index contributed by atoms with van der Waals surface area (Å²) in [5.41, 5.74) is 8.29. The van der Waals surface area contributed by atoms with Crippen LogP contribution in [0.25, 0.3) is 22.4 Å². The molecule has 0 aliphatic rings. The minimum Gasteiger partial charge on any atom is -0.367 e. The third-order valence-electron chi connectivity index (χ3n) is 2.74. The maximum Gasteiger partial charge on any atom is 0.248 e. The Balaban J connectivity index is 2.22. The van der Waals surface area contributed by atoms with E-state index in [0.717, 1.165) is 5.56 Å². The van der Waals surface area contributed by atoms with Gasteiger partial charge in [-0.1, -0.05) is 5.16 Å². The van der Waals surface area contributed by atoms with Crippen LogP contribution in [-0.4, -0.2) is 15.1 Å². The van der Waals surface area contributed by atoms with Crippen LogP contribution in [0.5, 0.6) is 0 Å². The fourth-order valence-corrected chi connectivity index (χ4v) is 1.89. The van der Waals surface area contributed by atoms with Crippen LogP contribution in [-0.2, 0) is 0 Å². The normalized spacial score (nSPS) is 10.5. The molecule has 19 heavy (non-hydrogen) atoms. The molecule has 3 N–H and O–H groups in total. The van der Waals surface area contributed by atoms with Crippen LogP contribution in [0, 0.1) is 0 Å². The number of nitrogen functional groups attached to an aromatic ring is 1. The van der Waals surface area contributed by atoms with Crippen LogP contribution in [0.2, 0.25) is 0 Å². The molecule has 3 aromatic rings. The van der Waals surface area contributed by atoms with Crippen LogP contribution in [0.4, 0.5) is 5.88 Å². The summed E-state index contributed by atoms with van der Waals surface area (Å²) in [6.07, 6.45) is 4.87. The standard InChI is InChI=1S/C13H10N4O2/c14-13-11(8-1-4-15-5-2-8)12(17-19-13)9-3-6-16-10(18)7-9/h1-7H,14H2,(H,16,18). The number of H-pyrrole nitrogens is 1. The van der Waals surface area contributed by atoms with Crippen molar-refractivity contribution < 1.29 is 4.52 Å². The molecule has 0 saturated carbocycles. The minimum absolute atomic E-state index is 0.209. The lowest BCUT2D eigenvalue weighted by Crippen LogP contribution is -2.02. The molecule has 3 rings (SSSR count). The number of nitrogens with one attached hydrogen (secondary N) is 1. The van der Waals surface area contributed by atoms with Gasteiger partial charge in [-0.2, -0.15) is 0 Å². The molecule has 0 aliphatic heterocycles. The first-order chi connectivity index (χ1) is 9.25. The number of aromatic amines is 1. The Morgan fingerprint density at radius 1 is 1.16 bits per heavy atom. The molecule has 0 bridgehead atoms. The fraction of sp³-hybridized carbons (Fsp3) is 0. The summed E-state index contributed by atoms with van der Waals surface area (Å²) in [5, 5.41) is 3.93. The minimum atomic E-state index is -0.209. The van der Waals surface area contributed by atoms with Crippen LogP contribution in [0.3, 0.4) is 0 Å². The summed E-state index contributed by atoms with van der Waals surface area (Å²) < 4.78 is 5.04. The molecule has 6 heteroatoms. The largest absolute Gasteiger partial charge is 0.367 e. The zero-order valence-electron chi connectivity index (χ0n) is 9.83. The summed E-state index contributed by atoms with van der Waals surface area (Å²) >= 11 is 0. The van der Waals surface area contributed by atoms with Gasteiger partial charge in [0.2, 0.25) is 11.4 Å².